The first kappa shape index (κ1) is 29.4. The Labute approximate surface area is 256 Å². The molecule has 0 fully saturated rings. The van der Waals surface area contributed by atoms with E-state index in [2.05, 4.69) is 9.98 Å². The number of nitrogen functional groups attached to an aromatic ring is 1. The van der Waals surface area contributed by atoms with Crippen molar-refractivity contribution in [3.05, 3.63) is 101 Å². The molecule has 2 aliphatic heterocycles. The summed E-state index contributed by atoms with van der Waals surface area (Å²) in [7, 11) is 1.82. The number of likely N-dealkylation sites (N-methyl/N-ethyl adjacent to an activating group) is 1. The predicted molar refractivity (Wildman–Crippen MR) is 162 cm³/mol. The van der Waals surface area contributed by atoms with Crippen molar-refractivity contribution in [2.45, 2.75) is 19.0 Å². The number of aliphatic imine (C=N–C) groups is 1. The van der Waals surface area contributed by atoms with E-state index in [0.717, 1.165) is 17.3 Å². The number of pyridine rings is 1. The number of hydrogen-bond acceptors (Lipinski definition) is 9. The molecule has 0 saturated carbocycles. The number of benzene rings is 3. The molecular weight excluding hydrogens is 586 g/mol. The lowest BCUT2D eigenvalue weighted by Gasteiger charge is -2.36. The number of anilines is 1. The first-order valence-corrected chi connectivity index (χ1v) is 13.9. The van der Waals surface area contributed by atoms with Gasteiger partial charge in [-0.05, 0) is 47.5 Å². The monoisotopic (exact) mass is 614 g/mol. The van der Waals surface area contributed by atoms with Crippen LogP contribution in [0.2, 0.25) is 0 Å². The van der Waals surface area contributed by atoms with Gasteiger partial charge in [-0.1, -0.05) is 24.3 Å². The van der Waals surface area contributed by atoms with Gasteiger partial charge in [0.1, 0.15) is 23.5 Å². The van der Waals surface area contributed by atoms with E-state index in [-0.39, 0.29) is 28.6 Å². The number of nitrogens with two attached hydrogens (primary N) is 1. The smallest absolute Gasteiger partial charge is 0.326 e. The third-order valence-corrected chi connectivity index (χ3v) is 7.72. The summed E-state index contributed by atoms with van der Waals surface area (Å²) in [6.07, 6.45) is 1.02. The highest BCUT2D eigenvalue weighted by Gasteiger charge is 2.33. The van der Waals surface area contributed by atoms with E-state index in [4.69, 9.17) is 20.6 Å². The predicted octanol–water partition coefficient (Wildman–Crippen LogP) is 4.64. The molecule has 45 heavy (non-hydrogen) atoms. The summed E-state index contributed by atoms with van der Waals surface area (Å²) in [6, 6.07) is 15.5. The lowest BCUT2D eigenvalue weighted by Crippen LogP contribution is -2.45. The number of nitrogens with zero attached hydrogens (tertiary/aromatic N) is 4. The fourth-order valence-corrected chi connectivity index (χ4v) is 5.37. The Morgan fingerprint density at radius 2 is 1.84 bits per heavy atom. The molecule has 1 aromatic heterocycles. The van der Waals surface area contributed by atoms with Crippen molar-refractivity contribution in [3.8, 4) is 28.9 Å². The highest BCUT2D eigenvalue weighted by Crippen LogP contribution is 2.39. The molecule has 0 spiro atoms. The molecule has 6 rings (SSSR count). The third-order valence-electron chi connectivity index (χ3n) is 7.72. The number of aromatic hydroxyl groups is 1. The van der Waals surface area contributed by atoms with E-state index in [1.807, 2.05) is 36.2 Å². The van der Waals surface area contributed by atoms with Crippen LogP contribution in [0.3, 0.4) is 0 Å². The van der Waals surface area contributed by atoms with Crippen molar-refractivity contribution in [3.63, 3.8) is 0 Å². The van der Waals surface area contributed by atoms with Crippen molar-refractivity contribution >= 4 is 23.3 Å². The van der Waals surface area contributed by atoms with Crippen molar-refractivity contribution in [1.29, 1.82) is 5.41 Å². The minimum atomic E-state index is -1.28. The Hall–Kier alpha value is -5.72. The Morgan fingerprint density at radius 1 is 1.07 bits per heavy atom. The van der Waals surface area contributed by atoms with E-state index in [9.17, 15) is 15.0 Å². The molecule has 3 heterocycles. The van der Waals surface area contributed by atoms with Crippen LogP contribution in [0.1, 0.15) is 22.3 Å². The second-order valence-corrected chi connectivity index (χ2v) is 10.6. The number of ether oxygens (including phenoxy) is 2. The average Bonchev–Trinajstić information content (AvgIpc) is 3.46. The maximum absolute atomic E-state index is 15.7. The number of phenolic OH excluding ortho intramolecular Hbond substituents is 1. The van der Waals surface area contributed by atoms with Gasteiger partial charge in [-0.2, -0.15) is 4.39 Å². The molecule has 11 nitrogen and oxygen atoms in total. The number of hydrogen-bond donors (Lipinski definition) is 4. The van der Waals surface area contributed by atoms with Gasteiger partial charge < -0.3 is 35.2 Å². The third kappa shape index (κ3) is 5.67. The standard InChI is InChI=1S/C32H28F2N6O5/c1-39-11-10-37-30(39)21-14-20(40-16-19-5-3-2-4-17(19)12-23(40)32(42)43)7-9-25(21)44-28-22(33)15-38-31(27(28)34)45-26-13-18(29(35)36)6-8-24(26)41/h2-9,13-15,23,41H,10-12,16H2,1H3,(H3,35,36)(H,42,43). The van der Waals surface area contributed by atoms with E-state index < -0.39 is 35.3 Å². The molecule has 0 saturated heterocycles. The number of aliphatic carboxylic acids is 1. The number of amidine groups is 2. The number of fused-ring (bicyclic) bond motifs is 1. The molecule has 3 aromatic carbocycles. The summed E-state index contributed by atoms with van der Waals surface area (Å²) in [5, 5.41) is 27.9. The first-order chi connectivity index (χ1) is 21.6. The van der Waals surface area contributed by atoms with Crippen molar-refractivity contribution < 1.29 is 33.3 Å². The molecule has 1 atom stereocenters. The molecule has 0 radical (unpaired) electrons. The Kier molecular flexibility index (Phi) is 7.67. The Morgan fingerprint density at radius 3 is 2.56 bits per heavy atom. The van der Waals surface area contributed by atoms with Crippen LogP contribution in [0.4, 0.5) is 14.5 Å². The first-order valence-electron chi connectivity index (χ1n) is 13.9. The maximum atomic E-state index is 15.7. The average molecular weight is 615 g/mol. The molecule has 2 aliphatic rings. The van der Waals surface area contributed by atoms with Crippen LogP contribution in [-0.4, -0.2) is 63.9 Å². The zero-order chi connectivity index (χ0) is 31.8. The lowest BCUT2D eigenvalue weighted by atomic mass is 9.93. The lowest BCUT2D eigenvalue weighted by molar-refractivity contribution is -0.138. The summed E-state index contributed by atoms with van der Waals surface area (Å²) in [4.78, 5) is 24.2. The van der Waals surface area contributed by atoms with Gasteiger partial charge in [-0.25, -0.2) is 14.2 Å². The van der Waals surface area contributed by atoms with E-state index in [1.165, 1.54) is 24.3 Å². The van der Waals surface area contributed by atoms with Gasteiger partial charge >= 0.3 is 5.97 Å². The van der Waals surface area contributed by atoms with Gasteiger partial charge in [0.25, 0.3) is 5.88 Å². The number of phenols is 1. The van der Waals surface area contributed by atoms with Crippen molar-refractivity contribution in [2.75, 3.05) is 25.0 Å². The van der Waals surface area contributed by atoms with Gasteiger partial charge in [0.05, 0.1) is 18.3 Å². The summed E-state index contributed by atoms with van der Waals surface area (Å²) in [6.45, 7) is 1.44. The Balaban J connectivity index is 1.38. The molecule has 4 aromatic rings. The molecule has 5 N–H and O–H groups in total. The summed E-state index contributed by atoms with van der Waals surface area (Å²) >= 11 is 0. The SMILES string of the molecule is CN1CCN=C1c1cc(N2Cc3ccccc3CC2C(=O)O)ccc1Oc1c(F)cnc(Oc2cc(C(=N)N)ccc2O)c1F. The van der Waals surface area contributed by atoms with Crippen LogP contribution in [-0.2, 0) is 17.8 Å². The number of rotatable bonds is 8. The number of aromatic nitrogens is 1. The Bertz CT molecular complexity index is 1870. The topological polar surface area (TPSA) is 158 Å². The fraction of sp³-hybridized carbons (Fsp3) is 0.188. The van der Waals surface area contributed by atoms with Gasteiger partial charge in [-0.3, -0.25) is 10.4 Å². The van der Waals surface area contributed by atoms with Crippen molar-refractivity contribution in [1.82, 2.24) is 9.88 Å². The highest BCUT2D eigenvalue weighted by atomic mass is 19.1. The minimum Gasteiger partial charge on any atom is -0.504 e. The number of carboxylic acid groups (broad SMARTS) is 1. The van der Waals surface area contributed by atoms with Gasteiger partial charge in [-0.15, -0.1) is 0 Å². The van der Waals surface area contributed by atoms with Crippen LogP contribution in [0, 0.1) is 17.0 Å². The summed E-state index contributed by atoms with van der Waals surface area (Å²) in [5.74, 6) is -5.25. The highest BCUT2D eigenvalue weighted by molar-refractivity contribution is 6.03. The minimum absolute atomic E-state index is 0.0620. The molecule has 0 bridgehead atoms. The second-order valence-electron chi connectivity index (χ2n) is 10.6. The quantitative estimate of drug-likeness (QED) is 0.164. The fourth-order valence-electron chi connectivity index (χ4n) is 5.37. The zero-order valence-electron chi connectivity index (χ0n) is 24.0. The molecule has 0 aliphatic carbocycles. The zero-order valence-corrected chi connectivity index (χ0v) is 24.0. The van der Waals surface area contributed by atoms with Crippen LogP contribution >= 0.6 is 0 Å². The second kappa shape index (κ2) is 11.8. The molecule has 230 valence electrons. The largest absolute Gasteiger partial charge is 0.504 e. The molecular formula is C32H28F2N6O5. The molecule has 13 heteroatoms. The van der Waals surface area contributed by atoms with Crippen molar-refractivity contribution in [2.24, 2.45) is 10.7 Å². The summed E-state index contributed by atoms with van der Waals surface area (Å²) < 4.78 is 42.1. The number of nitrogens with one attached hydrogen (secondary N) is 1. The van der Waals surface area contributed by atoms with Crippen LogP contribution in [0.15, 0.2) is 71.9 Å². The number of carbonyl (C=O) groups is 1. The van der Waals surface area contributed by atoms with E-state index in [1.54, 1.807) is 17.0 Å². The van der Waals surface area contributed by atoms with Gasteiger partial charge in [0, 0.05) is 37.8 Å². The number of carboxylic acids is 1. The maximum Gasteiger partial charge on any atom is 0.326 e. The normalized spacial score (nSPS) is 15.8. The van der Waals surface area contributed by atoms with Gasteiger partial charge in [0.2, 0.25) is 11.6 Å². The van der Waals surface area contributed by atoms with E-state index >= 15 is 8.78 Å². The molecule has 0 amide bonds. The van der Waals surface area contributed by atoms with Crippen LogP contribution in [0.5, 0.6) is 28.9 Å². The number of halogens is 2. The van der Waals surface area contributed by atoms with Gasteiger partial charge in [0.15, 0.2) is 17.3 Å². The summed E-state index contributed by atoms with van der Waals surface area (Å²) in [5.41, 5.74) is 8.65. The molecule has 1 unspecified atom stereocenters. The van der Waals surface area contributed by atoms with Crippen LogP contribution < -0.4 is 20.1 Å². The van der Waals surface area contributed by atoms with Crippen LogP contribution in [0.25, 0.3) is 0 Å². The van der Waals surface area contributed by atoms with E-state index in [0.29, 0.717) is 43.1 Å².